The van der Waals surface area contributed by atoms with Crippen molar-refractivity contribution in [3.8, 4) is 5.75 Å². The Balaban J connectivity index is 1.52. The highest BCUT2D eigenvalue weighted by molar-refractivity contribution is 6.32. The molecule has 0 bridgehead atoms. The number of piperazine rings is 1. The molecule has 166 valence electrons. The number of carbonyl (C=O) groups excluding carboxylic acids is 2. The Morgan fingerprint density at radius 1 is 0.935 bits per heavy atom. The van der Waals surface area contributed by atoms with Gasteiger partial charge in [0.25, 0.3) is 11.8 Å². The third-order valence-electron chi connectivity index (χ3n) is 5.69. The molecule has 1 aliphatic rings. The largest absolute Gasteiger partial charge is 0.484 e. The third kappa shape index (κ3) is 5.59. The van der Waals surface area contributed by atoms with Gasteiger partial charge in [-0.15, -0.1) is 0 Å². The number of halogens is 1. The number of ether oxygens (including phenoxy) is 1. The molecule has 0 radical (unpaired) electrons. The van der Waals surface area contributed by atoms with E-state index in [9.17, 15) is 9.59 Å². The van der Waals surface area contributed by atoms with Gasteiger partial charge >= 0.3 is 0 Å². The Labute approximate surface area is 189 Å². The molecule has 2 amide bonds. The lowest BCUT2D eigenvalue weighted by molar-refractivity contribution is -0.134. The molecule has 1 heterocycles. The molecular weight excluding hydrogens is 412 g/mol. The van der Waals surface area contributed by atoms with Crippen molar-refractivity contribution in [3.05, 3.63) is 63.7 Å². The number of nitrogens with zero attached hydrogens (tertiary/aromatic N) is 2. The van der Waals surface area contributed by atoms with E-state index in [4.69, 9.17) is 16.3 Å². The lowest BCUT2D eigenvalue weighted by atomic mass is 9.86. The Kier molecular flexibility index (Phi) is 6.95. The van der Waals surface area contributed by atoms with Crippen LogP contribution in [0.1, 0.15) is 47.8 Å². The summed E-state index contributed by atoms with van der Waals surface area (Å²) in [5.41, 5.74) is 3.78. The van der Waals surface area contributed by atoms with Gasteiger partial charge in [0.05, 0.1) is 0 Å². The third-order valence-corrected chi connectivity index (χ3v) is 6.29. The maximum atomic E-state index is 12.8. The molecular formula is C25H31ClN2O3. The smallest absolute Gasteiger partial charge is 0.260 e. The van der Waals surface area contributed by atoms with Crippen LogP contribution in [0.3, 0.4) is 0 Å². The van der Waals surface area contributed by atoms with Crippen LogP contribution >= 0.6 is 11.6 Å². The first-order valence-electron chi connectivity index (χ1n) is 10.6. The van der Waals surface area contributed by atoms with Crippen molar-refractivity contribution in [2.75, 3.05) is 32.8 Å². The van der Waals surface area contributed by atoms with Crippen molar-refractivity contribution in [3.63, 3.8) is 0 Å². The first-order chi connectivity index (χ1) is 14.6. The van der Waals surface area contributed by atoms with E-state index in [1.807, 2.05) is 55.1 Å². The highest BCUT2D eigenvalue weighted by atomic mass is 35.5. The van der Waals surface area contributed by atoms with Gasteiger partial charge in [0.2, 0.25) is 0 Å². The van der Waals surface area contributed by atoms with Crippen molar-refractivity contribution in [1.82, 2.24) is 9.80 Å². The van der Waals surface area contributed by atoms with E-state index in [0.29, 0.717) is 42.5 Å². The standard InChI is InChI=1S/C25H31ClN2O3/c1-17-14-21(15-18(2)23(17)26)31-16-22(29)27-10-12-28(13-11-27)24(30)19-6-8-20(9-7-19)25(3,4)5/h6-9,14-15H,10-13,16H2,1-5H3. The molecule has 2 aromatic rings. The second-order valence-electron chi connectivity index (χ2n) is 9.16. The molecule has 31 heavy (non-hydrogen) atoms. The van der Waals surface area contributed by atoms with Gasteiger partial charge in [-0.05, 0) is 60.2 Å². The van der Waals surface area contributed by atoms with Gasteiger partial charge in [-0.1, -0.05) is 44.5 Å². The summed E-state index contributed by atoms with van der Waals surface area (Å²) in [6, 6.07) is 11.5. The van der Waals surface area contributed by atoms with E-state index >= 15 is 0 Å². The van der Waals surface area contributed by atoms with Gasteiger partial charge < -0.3 is 14.5 Å². The van der Waals surface area contributed by atoms with Gasteiger partial charge in [-0.2, -0.15) is 0 Å². The number of carbonyl (C=O) groups is 2. The maximum absolute atomic E-state index is 12.8. The topological polar surface area (TPSA) is 49.9 Å². The summed E-state index contributed by atoms with van der Waals surface area (Å²) in [5.74, 6) is 0.572. The fourth-order valence-corrected chi connectivity index (χ4v) is 3.79. The highest BCUT2D eigenvalue weighted by Crippen LogP contribution is 2.26. The molecule has 1 saturated heterocycles. The second-order valence-corrected chi connectivity index (χ2v) is 9.54. The predicted octanol–water partition coefficient (Wildman–Crippen LogP) is 4.62. The molecule has 3 rings (SSSR count). The molecule has 2 aromatic carbocycles. The van der Waals surface area contributed by atoms with Crippen molar-refractivity contribution in [2.24, 2.45) is 0 Å². The van der Waals surface area contributed by atoms with Crippen LogP contribution in [0.4, 0.5) is 0 Å². The minimum absolute atomic E-state index is 0.0101. The first-order valence-corrected chi connectivity index (χ1v) is 11.0. The fourth-order valence-electron chi connectivity index (χ4n) is 3.68. The van der Waals surface area contributed by atoms with Crippen molar-refractivity contribution in [1.29, 1.82) is 0 Å². The van der Waals surface area contributed by atoms with E-state index in [0.717, 1.165) is 11.1 Å². The second kappa shape index (κ2) is 9.31. The molecule has 0 saturated carbocycles. The molecule has 1 aliphatic heterocycles. The summed E-state index contributed by atoms with van der Waals surface area (Å²) in [6.45, 7) is 12.3. The Hall–Kier alpha value is -2.53. The van der Waals surface area contributed by atoms with Crippen LogP contribution in [-0.2, 0) is 10.2 Å². The zero-order valence-electron chi connectivity index (χ0n) is 19.0. The maximum Gasteiger partial charge on any atom is 0.260 e. The van der Waals surface area contributed by atoms with Crippen LogP contribution in [0.2, 0.25) is 5.02 Å². The first kappa shape index (κ1) is 23.1. The molecule has 0 N–H and O–H groups in total. The van der Waals surface area contributed by atoms with Crippen LogP contribution in [0.5, 0.6) is 5.75 Å². The number of hydrogen-bond acceptors (Lipinski definition) is 3. The van der Waals surface area contributed by atoms with Crippen LogP contribution in [0.15, 0.2) is 36.4 Å². The summed E-state index contributed by atoms with van der Waals surface area (Å²) >= 11 is 6.18. The molecule has 0 spiro atoms. The fraction of sp³-hybridized carbons (Fsp3) is 0.440. The zero-order valence-corrected chi connectivity index (χ0v) is 19.8. The molecule has 1 fully saturated rings. The van der Waals surface area contributed by atoms with Gasteiger partial charge in [-0.25, -0.2) is 0 Å². The SMILES string of the molecule is Cc1cc(OCC(=O)N2CCN(C(=O)c3ccc(C(C)(C)C)cc3)CC2)cc(C)c1Cl. The quantitative estimate of drug-likeness (QED) is 0.694. The average molecular weight is 443 g/mol. The van der Waals surface area contributed by atoms with E-state index in [2.05, 4.69) is 20.8 Å². The van der Waals surface area contributed by atoms with E-state index in [-0.39, 0.29) is 23.8 Å². The summed E-state index contributed by atoms with van der Waals surface area (Å²) in [4.78, 5) is 28.9. The Bertz CT molecular complexity index is 933. The van der Waals surface area contributed by atoms with Gasteiger partial charge in [0.1, 0.15) is 5.75 Å². The van der Waals surface area contributed by atoms with Gasteiger partial charge in [-0.3, -0.25) is 9.59 Å². The summed E-state index contributed by atoms with van der Waals surface area (Å²) in [5, 5.41) is 0.715. The molecule has 5 nitrogen and oxygen atoms in total. The molecule has 0 aliphatic carbocycles. The lowest BCUT2D eigenvalue weighted by Gasteiger charge is -2.34. The predicted molar refractivity (Wildman–Crippen MR) is 124 cm³/mol. The Morgan fingerprint density at radius 3 is 1.97 bits per heavy atom. The summed E-state index contributed by atoms with van der Waals surface area (Å²) < 4.78 is 5.69. The van der Waals surface area contributed by atoms with Crippen LogP contribution in [0.25, 0.3) is 0 Å². The number of amides is 2. The highest BCUT2D eigenvalue weighted by Gasteiger charge is 2.25. The van der Waals surface area contributed by atoms with Crippen molar-refractivity contribution >= 4 is 23.4 Å². The van der Waals surface area contributed by atoms with Gasteiger partial charge in [0, 0.05) is 36.8 Å². The van der Waals surface area contributed by atoms with Crippen LogP contribution < -0.4 is 4.74 Å². The van der Waals surface area contributed by atoms with Crippen molar-refractivity contribution < 1.29 is 14.3 Å². The number of benzene rings is 2. The van der Waals surface area contributed by atoms with E-state index in [1.165, 1.54) is 5.56 Å². The van der Waals surface area contributed by atoms with Gasteiger partial charge in [0.15, 0.2) is 6.61 Å². The number of rotatable bonds is 4. The normalized spacial score (nSPS) is 14.5. The molecule has 6 heteroatoms. The molecule has 0 unspecified atom stereocenters. The minimum Gasteiger partial charge on any atom is -0.484 e. The summed E-state index contributed by atoms with van der Waals surface area (Å²) in [7, 11) is 0. The number of aryl methyl sites for hydroxylation is 2. The zero-order chi connectivity index (χ0) is 22.8. The van der Waals surface area contributed by atoms with E-state index in [1.54, 1.807) is 4.90 Å². The lowest BCUT2D eigenvalue weighted by Crippen LogP contribution is -2.51. The van der Waals surface area contributed by atoms with E-state index < -0.39 is 0 Å². The van der Waals surface area contributed by atoms with Crippen LogP contribution in [-0.4, -0.2) is 54.4 Å². The van der Waals surface area contributed by atoms with Crippen molar-refractivity contribution in [2.45, 2.75) is 40.0 Å². The Morgan fingerprint density at radius 2 is 1.45 bits per heavy atom. The molecule has 0 atom stereocenters. The minimum atomic E-state index is -0.0770. The van der Waals surface area contributed by atoms with Crippen LogP contribution in [0, 0.1) is 13.8 Å². The summed E-state index contributed by atoms with van der Waals surface area (Å²) in [6.07, 6.45) is 0. The number of hydrogen-bond donors (Lipinski definition) is 0. The molecule has 0 aromatic heterocycles. The monoisotopic (exact) mass is 442 g/mol. The average Bonchev–Trinajstić information content (AvgIpc) is 2.74.